The summed E-state index contributed by atoms with van der Waals surface area (Å²) in [6.45, 7) is 4.06. The van der Waals surface area contributed by atoms with Crippen molar-refractivity contribution >= 4 is 6.29 Å². The van der Waals surface area contributed by atoms with E-state index in [0.717, 1.165) is 18.5 Å². The summed E-state index contributed by atoms with van der Waals surface area (Å²) in [4.78, 5) is 10.6. The summed E-state index contributed by atoms with van der Waals surface area (Å²) in [5.41, 5.74) is 1.25. The van der Waals surface area contributed by atoms with Crippen LogP contribution in [0.1, 0.15) is 19.4 Å². The van der Waals surface area contributed by atoms with Gasteiger partial charge in [0.1, 0.15) is 12.0 Å². The number of hydrogen-bond acceptors (Lipinski definition) is 2. The molecule has 0 aliphatic rings. The molecule has 0 aromatic heterocycles. The predicted molar refractivity (Wildman–Crippen MR) is 61.1 cm³/mol. The Kier molecular flexibility index (Phi) is 4.35. The predicted octanol–water partition coefficient (Wildman–Crippen LogP) is 2.71. The van der Waals surface area contributed by atoms with Gasteiger partial charge in [-0.25, -0.2) is 0 Å². The smallest absolute Gasteiger partial charge is 0.123 e. The molecule has 0 N–H and O–H groups in total. The van der Waals surface area contributed by atoms with Gasteiger partial charge in [0.25, 0.3) is 0 Å². The van der Waals surface area contributed by atoms with Crippen molar-refractivity contribution in [3.8, 4) is 5.75 Å². The van der Waals surface area contributed by atoms with Gasteiger partial charge in [-0.2, -0.15) is 0 Å². The third kappa shape index (κ3) is 3.39. The van der Waals surface area contributed by atoms with Crippen molar-refractivity contribution in [2.24, 2.45) is 11.8 Å². The van der Waals surface area contributed by atoms with E-state index in [-0.39, 0.29) is 5.92 Å². The summed E-state index contributed by atoms with van der Waals surface area (Å²) in [5, 5.41) is 0. The van der Waals surface area contributed by atoms with Gasteiger partial charge in [-0.3, -0.25) is 0 Å². The average Bonchev–Trinajstić information content (AvgIpc) is 2.29. The van der Waals surface area contributed by atoms with Crippen LogP contribution in [0.2, 0.25) is 0 Å². The van der Waals surface area contributed by atoms with Crippen LogP contribution in [-0.2, 0) is 11.2 Å². The largest absolute Gasteiger partial charge is 0.497 e. The maximum Gasteiger partial charge on any atom is 0.123 e. The Morgan fingerprint density at radius 3 is 2.33 bits per heavy atom. The molecule has 0 aliphatic heterocycles. The van der Waals surface area contributed by atoms with Crippen LogP contribution >= 0.6 is 0 Å². The molecule has 2 heteroatoms. The van der Waals surface area contributed by atoms with Gasteiger partial charge in [0.15, 0.2) is 0 Å². The fraction of sp³-hybridized carbons (Fsp3) is 0.462. The summed E-state index contributed by atoms with van der Waals surface area (Å²) in [6.07, 6.45) is 1.96. The summed E-state index contributed by atoms with van der Waals surface area (Å²) in [5.74, 6) is 1.37. The fourth-order valence-corrected chi connectivity index (χ4v) is 1.45. The zero-order valence-corrected chi connectivity index (χ0v) is 9.57. The van der Waals surface area contributed by atoms with E-state index in [1.807, 2.05) is 31.2 Å². The zero-order chi connectivity index (χ0) is 11.3. The molecule has 0 saturated carbocycles. The quantitative estimate of drug-likeness (QED) is 0.692. The number of carbonyl (C=O) groups excluding carboxylic acids is 1. The Balaban J connectivity index is 2.60. The van der Waals surface area contributed by atoms with E-state index < -0.39 is 0 Å². The van der Waals surface area contributed by atoms with Crippen LogP contribution in [-0.4, -0.2) is 13.4 Å². The molecule has 1 rings (SSSR count). The molecule has 0 aliphatic carbocycles. The molecule has 82 valence electrons. The highest BCUT2D eigenvalue weighted by Gasteiger charge is 2.11. The first-order chi connectivity index (χ1) is 7.17. The molecule has 1 aromatic carbocycles. The second-order valence-corrected chi connectivity index (χ2v) is 4.02. The van der Waals surface area contributed by atoms with Crippen LogP contribution in [0.3, 0.4) is 0 Å². The van der Waals surface area contributed by atoms with Crippen molar-refractivity contribution in [3.63, 3.8) is 0 Å². The van der Waals surface area contributed by atoms with E-state index in [1.165, 1.54) is 5.56 Å². The molecule has 0 radical (unpaired) electrons. The third-order valence-corrected chi connectivity index (χ3v) is 2.83. The van der Waals surface area contributed by atoms with Gasteiger partial charge >= 0.3 is 0 Å². The Morgan fingerprint density at radius 2 is 1.87 bits per heavy atom. The van der Waals surface area contributed by atoms with Crippen LogP contribution in [0, 0.1) is 11.8 Å². The van der Waals surface area contributed by atoms with Gasteiger partial charge in [-0.05, 0) is 30.0 Å². The number of methoxy groups -OCH3 is 1. The van der Waals surface area contributed by atoms with Crippen molar-refractivity contribution in [3.05, 3.63) is 29.8 Å². The molecule has 2 nitrogen and oxygen atoms in total. The number of carbonyl (C=O) groups is 1. The maximum atomic E-state index is 10.6. The molecule has 2 unspecified atom stereocenters. The highest BCUT2D eigenvalue weighted by Crippen LogP contribution is 2.18. The monoisotopic (exact) mass is 206 g/mol. The minimum Gasteiger partial charge on any atom is -0.497 e. The average molecular weight is 206 g/mol. The highest BCUT2D eigenvalue weighted by atomic mass is 16.5. The van der Waals surface area contributed by atoms with Crippen LogP contribution in [0.5, 0.6) is 5.75 Å². The van der Waals surface area contributed by atoms with Gasteiger partial charge in [0.2, 0.25) is 0 Å². The summed E-state index contributed by atoms with van der Waals surface area (Å²) >= 11 is 0. The number of aldehydes is 1. The van der Waals surface area contributed by atoms with Crippen molar-refractivity contribution < 1.29 is 9.53 Å². The van der Waals surface area contributed by atoms with Crippen molar-refractivity contribution in [2.45, 2.75) is 20.3 Å². The molecule has 0 fully saturated rings. The summed E-state index contributed by atoms with van der Waals surface area (Å²) in [7, 11) is 1.66. The van der Waals surface area contributed by atoms with E-state index in [1.54, 1.807) is 7.11 Å². The fourth-order valence-electron chi connectivity index (χ4n) is 1.45. The third-order valence-electron chi connectivity index (χ3n) is 2.83. The van der Waals surface area contributed by atoms with E-state index in [0.29, 0.717) is 5.92 Å². The van der Waals surface area contributed by atoms with Crippen LogP contribution in [0.15, 0.2) is 24.3 Å². The Morgan fingerprint density at radius 1 is 1.27 bits per heavy atom. The first kappa shape index (κ1) is 11.8. The zero-order valence-electron chi connectivity index (χ0n) is 9.57. The van der Waals surface area contributed by atoms with Gasteiger partial charge in [0.05, 0.1) is 7.11 Å². The van der Waals surface area contributed by atoms with Crippen LogP contribution in [0.4, 0.5) is 0 Å². The first-order valence-electron chi connectivity index (χ1n) is 5.25. The standard InChI is InChI=1S/C13H18O2/c1-10(11(2)9-14)8-12-4-6-13(15-3)7-5-12/h4-7,9-11H,8H2,1-3H3. The number of ether oxygens (including phenoxy) is 1. The van der Waals surface area contributed by atoms with Gasteiger partial charge in [-0.1, -0.05) is 26.0 Å². The lowest BCUT2D eigenvalue weighted by Crippen LogP contribution is -2.11. The summed E-state index contributed by atoms with van der Waals surface area (Å²) < 4.78 is 5.09. The van der Waals surface area contributed by atoms with Crippen molar-refractivity contribution in [1.82, 2.24) is 0 Å². The number of hydrogen-bond donors (Lipinski definition) is 0. The molecule has 0 spiro atoms. The lowest BCUT2D eigenvalue weighted by atomic mass is 9.91. The van der Waals surface area contributed by atoms with E-state index in [2.05, 4.69) is 6.92 Å². The van der Waals surface area contributed by atoms with Crippen molar-refractivity contribution in [1.29, 1.82) is 0 Å². The first-order valence-corrected chi connectivity index (χ1v) is 5.25. The highest BCUT2D eigenvalue weighted by molar-refractivity contribution is 5.53. The van der Waals surface area contributed by atoms with Gasteiger partial charge in [0, 0.05) is 5.92 Å². The topological polar surface area (TPSA) is 26.3 Å². The van der Waals surface area contributed by atoms with Crippen LogP contribution in [0.25, 0.3) is 0 Å². The maximum absolute atomic E-state index is 10.6. The molecule has 15 heavy (non-hydrogen) atoms. The Hall–Kier alpha value is -1.31. The molecule has 2 atom stereocenters. The molecule has 0 amide bonds. The van der Waals surface area contributed by atoms with E-state index in [9.17, 15) is 4.79 Å². The Bertz CT molecular complexity index is 303. The second kappa shape index (κ2) is 5.54. The molecule has 0 saturated heterocycles. The van der Waals surface area contributed by atoms with Gasteiger partial charge in [-0.15, -0.1) is 0 Å². The lowest BCUT2D eigenvalue weighted by molar-refractivity contribution is -0.111. The molecular weight excluding hydrogens is 188 g/mol. The SMILES string of the molecule is COc1ccc(CC(C)C(C)C=O)cc1. The van der Waals surface area contributed by atoms with E-state index in [4.69, 9.17) is 4.74 Å². The minimum atomic E-state index is 0.118. The molecule has 0 bridgehead atoms. The van der Waals surface area contributed by atoms with E-state index >= 15 is 0 Å². The molecular formula is C13H18O2. The lowest BCUT2D eigenvalue weighted by Gasteiger charge is -2.14. The minimum absolute atomic E-state index is 0.118. The Labute approximate surface area is 91.3 Å². The summed E-state index contributed by atoms with van der Waals surface area (Å²) in [6, 6.07) is 8.00. The number of rotatable bonds is 5. The van der Waals surface area contributed by atoms with Crippen molar-refractivity contribution in [2.75, 3.05) is 7.11 Å². The molecule has 0 heterocycles. The second-order valence-electron chi connectivity index (χ2n) is 4.02. The normalized spacial score (nSPS) is 14.3. The molecule has 1 aromatic rings. The number of benzene rings is 1. The van der Waals surface area contributed by atoms with Gasteiger partial charge < -0.3 is 9.53 Å². The van der Waals surface area contributed by atoms with Crippen LogP contribution < -0.4 is 4.74 Å².